The minimum Gasteiger partial charge on any atom is -0.372 e. The summed E-state index contributed by atoms with van der Waals surface area (Å²) in [6, 6.07) is 9.66. The van der Waals surface area contributed by atoms with Crippen molar-refractivity contribution in [3.8, 4) is 0 Å². The molecule has 0 bridgehead atoms. The minimum absolute atomic E-state index is 0.484. The lowest BCUT2D eigenvalue weighted by Gasteiger charge is -2.28. The van der Waals surface area contributed by atoms with E-state index in [1.54, 1.807) is 0 Å². The fraction of sp³-hybridized carbons (Fsp3) is 0.684. The lowest BCUT2D eigenvalue weighted by atomic mass is 10.0. The van der Waals surface area contributed by atoms with Crippen LogP contribution in [0, 0.1) is 5.92 Å². The van der Waals surface area contributed by atoms with Crippen LogP contribution in [0.25, 0.3) is 0 Å². The summed E-state index contributed by atoms with van der Waals surface area (Å²) in [6.07, 6.45) is 3.67. The third-order valence-electron chi connectivity index (χ3n) is 4.53. The smallest absolute Gasteiger partial charge is 0.0366 e. The molecule has 1 rings (SSSR count). The van der Waals surface area contributed by atoms with Gasteiger partial charge in [0.05, 0.1) is 0 Å². The van der Waals surface area contributed by atoms with Gasteiger partial charge in [-0.15, -0.1) is 0 Å². The highest BCUT2D eigenvalue weighted by Gasteiger charge is 2.12. The molecule has 120 valence electrons. The second-order valence-corrected chi connectivity index (χ2v) is 5.83. The highest BCUT2D eigenvalue weighted by Crippen LogP contribution is 2.23. The monoisotopic (exact) mass is 290 g/mol. The van der Waals surface area contributed by atoms with Gasteiger partial charge in [-0.1, -0.05) is 52.7 Å². The number of nitrogens with one attached hydrogen (secondary N) is 1. The Labute approximate surface area is 131 Å². The molecule has 1 aromatic carbocycles. The van der Waals surface area contributed by atoms with Crippen molar-refractivity contribution < 1.29 is 0 Å². The Balaban J connectivity index is 2.78. The molecule has 1 aromatic rings. The van der Waals surface area contributed by atoms with Crippen LogP contribution in [0.4, 0.5) is 5.69 Å². The molecule has 1 unspecified atom stereocenters. The van der Waals surface area contributed by atoms with Crippen LogP contribution in [-0.2, 0) is 0 Å². The zero-order valence-corrected chi connectivity index (χ0v) is 14.7. The van der Waals surface area contributed by atoms with Crippen LogP contribution >= 0.6 is 0 Å². The molecule has 0 aliphatic rings. The molecule has 0 spiro atoms. The van der Waals surface area contributed by atoms with E-state index in [1.165, 1.54) is 30.6 Å². The van der Waals surface area contributed by atoms with Crippen molar-refractivity contribution >= 4 is 5.69 Å². The minimum atomic E-state index is 0.484. The van der Waals surface area contributed by atoms with Crippen molar-refractivity contribution in [1.29, 1.82) is 0 Å². The topological polar surface area (TPSA) is 15.3 Å². The van der Waals surface area contributed by atoms with E-state index < -0.39 is 0 Å². The first-order valence-corrected chi connectivity index (χ1v) is 8.78. The summed E-state index contributed by atoms with van der Waals surface area (Å²) >= 11 is 0. The van der Waals surface area contributed by atoms with E-state index in [2.05, 4.69) is 69.1 Å². The lowest BCUT2D eigenvalue weighted by Crippen LogP contribution is -2.29. The normalized spacial score (nSPS) is 12.7. The molecule has 1 N–H and O–H groups in total. The average molecular weight is 290 g/mol. The van der Waals surface area contributed by atoms with Crippen molar-refractivity contribution in [2.75, 3.05) is 24.5 Å². The summed E-state index contributed by atoms with van der Waals surface area (Å²) in [4.78, 5) is 2.51. The van der Waals surface area contributed by atoms with Gasteiger partial charge in [-0.2, -0.15) is 0 Å². The van der Waals surface area contributed by atoms with Crippen LogP contribution in [-0.4, -0.2) is 19.6 Å². The van der Waals surface area contributed by atoms with Crippen LogP contribution < -0.4 is 10.2 Å². The SMILES string of the molecule is CCNC(CC)c1ccc(N(CC)CC(CC)CC)cc1. The number of hydrogen-bond acceptors (Lipinski definition) is 2. The molecule has 0 amide bonds. The molecule has 0 aromatic heterocycles. The van der Waals surface area contributed by atoms with Gasteiger partial charge in [0.15, 0.2) is 0 Å². The van der Waals surface area contributed by atoms with Crippen molar-refractivity contribution in [3.63, 3.8) is 0 Å². The zero-order chi connectivity index (χ0) is 15.7. The molecule has 0 aliphatic carbocycles. The maximum atomic E-state index is 3.55. The van der Waals surface area contributed by atoms with Gasteiger partial charge in [-0.05, 0) is 43.5 Å². The molecular formula is C19H34N2. The average Bonchev–Trinajstić information content (AvgIpc) is 2.54. The van der Waals surface area contributed by atoms with Gasteiger partial charge in [0.1, 0.15) is 0 Å². The Hall–Kier alpha value is -1.02. The summed E-state index contributed by atoms with van der Waals surface area (Å²) < 4.78 is 0. The van der Waals surface area contributed by atoms with Gasteiger partial charge in [0.2, 0.25) is 0 Å². The van der Waals surface area contributed by atoms with Crippen LogP contribution in [0.1, 0.15) is 65.5 Å². The van der Waals surface area contributed by atoms with E-state index in [0.29, 0.717) is 6.04 Å². The zero-order valence-electron chi connectivity index (χ0n) is 14.7. The van der Waals surface area contributed by atoms with E-state index in [4.69, 9.17) is 0 Å². The van der Waals surface area contributed by atoms with Gasteiger partial charge in [-0.25, -0.2) is 0 Å². The summed E-state index contributed by atoms with van der Waals surface area (Å²) in [5, 5.41) is 3.55. The number of hydrogen-bond donors (Lipinski definition) is 1. The van der Waals surface area contributed by atoms with Gasteiger partial charge in [0, 0.05) is 24.8 Å². The molecule has 0 fully saturated rings. The molecular weight excluding hydrogens is 256 g/mol. The summed E-state index contributed by atoms with van der Waals surface area (Å²) in [7, 11) is 0. The molecule has 0 heterocycles. The van der Waals surface area contributed by atoms with Gasteiger partial charge in [0.25, 0.3) is 0 Å². The Morgan fingerprint density at radius 1 is 0.905 bits per heavy atom. The Morgan fingerprint density at radius 2 is 1.52 bits per heavy atom. The number of nitrogens with zero attached hydrogens (tertiary/aromatic N) is 1. The molecule has 2 nitrogen and oxygen atoms in total. The van der Waals surface area contributed by atoms with Crippen LogP contribution in [0.15, 0.2) is 24.3 Å². The van der Waals surface area contributed by atoms with Crippen LogP contribution in [0.5, 0.6) is 0 Å². The number of benzene rings is 1. The van der Waals surface area contributed by atoms with E-state index in [0.717, 1.165) is 25.4 Å². The molecule has 1 atom stereocenters. The maximum absolute atomic E-state index is 3.55. The second-order valence-electron chi connectivity index (χ2n) is 5.83. The Bertz CT molecular complexity index is 368. The van der Waals surface area contributed by atoms with Crippen molar-refractivity contribution in [2.24, 2.45) is 5.92 Å². The number of rotatable bonds is 10. The van der Waals surface area contributed by atoms with Crippen molar-refractivity contribution in [1.82, 2.24) is 5.32 Å². The molecule has 0 saturated heterocycles. The summed E-state index contributed by atoms with van der Waals surface area (Å²) in [5.74, 6) is 0.801. The number of anilines is 1. The summed E-state index contributed by atoms with van der Waals surface area (Å²) in [6.45, 7) is 14.5. The molecule has 2 heteroatoms. The molecule has 21 heavy (non-hydrogen) atoms. The first-order valence-electron chi connectivity index (χ1n) is 8.78. The van der Waals surface area contributed by atoms with Crippen LogP contribution in [0.2, 0.25) is 0 Å². The third-order valence-corrected chi connectivity index (χ3v) is 4.53. The van der Waals surface area contributed by atoms with E-state index in [1.807, 2.05) is 0 Å². The standard InChI is InChI=1S/C19H34N2/c1-6-16(7-2)15-21(10-5)18-13-11-17(12-14-18)19(8-3)20-9-4/h11-14,16,19-20H,6-10,15H2,1-5H3. The molecule has 0 aliphatic heterocycles. The second kappa shape index (κ2) is 9.83. The predicted octanol–water partition coefficient (Wildman–Crippen LogP) is 5.01. The highest BCUT2D eigenvalue weighted by molar-refractivity contribution is 5.48. The fourth-order valence-corrected chi connectivity index (χ4v) is 2.94. The Kier molecular flexibility index (Phi) is 8.44. The predicted molar refractivity (Wildman–Crippen MR) is 95.1 cm³/mol. The fourth-order valence-electron chi connectivity index (χ4n) is 2.94. The third kappa shape index (κ3) is 5.35. The van der Waals surface area contributed by atoms with Gasteiger partial charge >= 0.3 is 0 Å². The first-order chi connectivity index (χ1) is 10.2. The molecule has 0 saturated carbocycles. The van der Waals surface area contributed by atoms with E-state index in [9.17, 15) is 0 Å². The summed E-state index contributed by atoms with van der Waals surface area (Å²) in [5.41, 5.74) is 2.76. The quantitative estimate of drug-likeness (QED) is 0.651. The highest BCUT2D eigenvalue weighted by atomic mass is 15.1. The van der Waals surface area contributed by atoms with Gasteiger partial charge < -0.3 is 10.2 Å². The largest absolute Gasteiger partial charge is 0.372 e. The van der Waals surface area contributed by atoms with E-state index >= 15 is 0 Å². The first kappa shape index (κ1) is 18.0. The van der Waals surface area contributed by atoms with Gasteiger partial charge in [-0.3, -0.25) is 0 Å². The van der Waals surface area contributed by atoms with Crippen molar-refractivity contribution in [2.45, 2.75) is 59.9 Å². The lowest BCUT2D eigenvalue weighted by molar-refractivity contribution is 0.486. The Morgan fingerprint density at radius 3 is 1.95 bits per heavy atom. The van der Waals surface area contributed by atoms with Crippen LogP contribution in [0.3, 0.4) is 0 Å². The molecule has 0 radical (unpaired) electrons. The van der Waals surface area contributed by atoms with Crippen molar-refractivity contribution in [3.05, 3.63) is 29.8 Å². The van der Waals surface area contributed by atoms with E-state index in [-0.39, 0.29) is 0 Å². The maximum Gasteiger partial charge on any atom is 0.0366 e.